The fraction of sp³-hybridized carbons (Fsp3) is 0.600. The molecular formula is C20H29N8OP. The number of fused-ring (bicyclic) bond motifs is 2. The van der Waals surface area contributed by atoms with Gasteiger partial charge in [-0.25, -0.2) is 4.98 Å². The van der Waals surface area contributed by atoms with Crippen molar-refractivity contribution in [2.45, 2.75) is 57.2 Å². The molecule has 4 heterocycles. The maximum absolute atomic E-state index is 12.7. The van der Waals surface area contributed by atoms with E-state index in [1.165, 1.54) is 12.8 Å². The Morgan fingerprint density at radius 2 is 1.97 bits per heavy atom. The Morgan fingerprint density at radius 3 is 2.57 bits per heavy atom. The first-order valence-corrected chi connectivity index (χ1v) is 13.0. The Kier molecular flexibility index (Phi) is 5.81. The molecule has 4 rings (SSSR count). The summed E-state index contributed by atoms with van der Waals surface area (Å²) in [6.07, 6.45) is 4.96. The number of aryl methyl sites for hydroxylation is 1. The summed E-state index contributed by atoms with van der Waals surface area (Å²) in [6.45, 7) is 6.22. The van der Waals surface area contributed by atoms with Gasteiger partial charge in [-0.15, -0.1) is 0 Å². The van der Waals surface area contributed by atoms with Gasteiger partial charge >= 0.3 is 0 Å². The monoisotopic (exact) mass is 428 g/mol. The molecule has 0 spiro atoms. The smallest absolute Gasteiger partial charge is 0.225 e. The number of anilines is 3. The van der Waals surface area contributed by atoms with Gasteiger partial charge in [-0.1, -0.05) is 0 Å². The van der Waals surface area contributed by atoms with E-state index in [0.717, 1.165) is 25.1 Å². The highest BCUT2D eigenvalue weighted by atomic mass is 31.2. The summed E-state index contributed by atoms with van der Waals surface area (Å²) < 4.78 is 12.7. The van der Waals surface area contributed by atoms with Crippen LogP contribution in [-0.2, 0) is 4.57 Å². The first kappa shape index (κ1) is 20.8. The molecule has 0 aliphatic carbocycles. The number of nitrogens with zero attached hydrogens (tertiary/aromatic N) is 5. The zero-order valence-corrected chi connectivity index (χ0v) is 18.6. The van der Waals surface area contributed by atoms with Crippen molar-refractivity contribution in [2.24, 2.45) is 0 Å². The van der Waals surface area contributed by atoms with Gasteiger partial charge < -0.3 is 15.2 Å². The lowest BCUT2D eigenvalue weighted by molar-refractivity contribution is 0.135. The third kappa shape index (κ3) is 4.66. The molecule has 160 valence electrons. The minimum absolute atomic E-state index is 0.268. The molecular weight excluding hydrogens is 399 g/mol. The molecule has 2 bridgehead atoms. The minimum atomic E-state index is -2.56. The van der Waals surface area contributed by atoms with Crippen molar-refractivity contribution in [1.29, 1.82) is 5.26 Å². The quantitative estimate of drug-likeness (QED) is 0.576. The molecule has 2 aromatic heterocycles. The Hall–Kier alpha value is -2.43. The van der Waals surface area contributed by atoms with Gasteiger partial charge in [0.15, 0.2) is 5.82 Å². The molecule has 0 aromatic carbocycles. The minimum Gasteiger partial charge on any atom is -0.351 e. The van der Waals surface area contributed by atoms with Crippen molar-refractivity contribution in [3.05, 3.63) is 17.8 Å². The number of hydrogen-bond acceptors (Lipinski definition) is 8. The molecule has 3 atom stereocenters. The van der Waals surface area contributed by atoms with Crippen LogP contribution in [-0.4, -0.2) is 63.1 Å². The standard InChI is InChI=1S/C20H29N8OP/c1-13-9-18(27-26-13)23-17-12-19(30(2,3)29)25-20(24-17)22-14-10-15-5-6-16(11-14)28(15)8-4-7-21/h9,12,14-16H,4-6,8,10-11H2,1-3H3,(H3,22,23,24,25,26,27)/t14?,15-,16+. The normalized spacial score (nSPS) is 23.9. The van der Waals surface area contributed by atoms with E-state index in [0.29, 0.717) is 41.5 Å². The molecule has 2 aliphatic heterocycles. The average molecular weight is 428 g/mol. The molecule has 2 fully saturated rings. The van der Waals surface area contributed by atoms with Crippen LogP contribution < -0.4 is 16.1 Å². The van der Waals surface area contributed by atoms with Gasteiger partial charge in [0.05, 0.1) is 6.07 Å². The molecule has 0 saturated carbocycles. The van der Waals surface area contributed by atoms with Crippen molar-refractivity contribution in [1.82, 2.24) is 25.1 Å². The van der Waals surface area contributed by atoms with Gasteiger partial charge in [0.25, 0.3) is 0 Å². The summed E-state index contributed by atoms with van der Waals surface area (Å²) in [6, 6.07) is 7.17. The maximum atomic E-state index is 12.7. The van der Waals surface area contributed by atoms with Crippen molar-refractivity contribution in [2.75, 3.05) is 30.5 Å². The van der Waals surface area contributed by atoms with Gasteiger partial charge in [-0.3, -0.25) is 10.00 Å². The molecule has 0 radical (unpaired) electrons. The highest BCUT2D eigenvalue weighted by Gasteiger charge is 2.40. The first-order chi connectivity index (χ1) is 14.3. The molecule has 2 aromatic rings. The summed E-state index contributed by atoms with van der Waals surface area (Å²) >= 11 is 0. The van der Waals surface area contributed by atoms with Crippen LogP contribution in [0.25, 0.3) is 0 Å². The van der Waals surface area contributed by atoms with Crippen LogP contribution in [0.5, 0.6) is 0 Å². The highest BCUT2D eigenvalue weighted by molar-refractivity contribution is 7.69. The number of piperidine rings is 1. The van der Waals surface area contributed by atoms with E-state index in [1.54, 1.807) is 19.4 Å². The molecule has 9 nitrogen and oxygen atoms in total. The van der Waals surface area contributed by atoms with Gasteiger partial charge in [0, 0.05) is 48.9 Å². The van der Waals surface area contributed by atoms with Crippen LogP contribution in [0.1, 0.15) is 37.8 Å². The summed E-state index contributed by atoms with van der Waals surface area (Å²) in [5.41, 5.74) is 1.49. The van der Waals surface area contributed by atoms with E-state index in [-0.39, 0.29) is 6.04 Å². The Morgan fingerprint density at radius 1 is 1.23 bits per heavy atom. The van der Waals surface area contributed by atoms with Crippen LogP contribution >= 0.6 is 7.14 Å². The zero-order chi connectivity index (χ0) is 21.3. The SMILES string of the molecule is Cc1cc(Nc2cc(P(C)(C)=O)nc(NC3C[C@H]4CC[C@@H](C3)N4CCC#N)n2)n[nH]1. The van der Waals surface area contributed by atoms with Gasteiger partial charge in [-0.05, 0) is 45.9 Å². The van der Waals surface area contributed by atoms with E-state index in [1.807, 2.05) is 13.0 Å². The second-order valence-corrected chi connectivity index (χ2v) is 11.9. The lowest BCUT2D eigenvalue weighted by atomic mass is 9.97. The van der Waals surface area contributed by atoms with Crippen LogP contribution in [0, 0.1) is 18.3 Å². The molecule has 3 N–H and O–H groups in total. The third-order valence-corrected chi connectivity index (χ3v) is 7.26. The van der Waals surface area contributed by atoms with Crippen molar-refractivity contribution >= 4 is 30.2 Å². The van der Waals surface area contributed by atoms with Crippen LogP contribution in [0.15, 0.2) is 12.1 Å². The number of nitriles is 1. The van der Waals surface area contributed by atoms with Gasteiger partial charge in [-0.2, -0.15) is 15.3 Å². The number of rotatable bonds is 7. The fourth-order valence-electron chi connectivity index (χ4n) is 4.57. The number of nitrogens with one attached hydrogen (secondary N) is 3. The van der Waals surface area contributed by atoms with Crippen molar-refractivity contribution in [3.63, 3.8) is 0 Å². The summed E-state index contributed by atoms with van der Waals surface area (Å²) in [5.74, 6) is 1.74. The maximum Gasteiger partial charge on any atom is 0.225 e. The second kappa shape index (κ2) is 8.37. The Bertz CT molecular complexity index is 979. The lowest BCUT2D eigenvalue weighted by Gasteiger charge is -2.38. The summed E-state index contributed by atoms with van der Waals surface area (Å²) in [4.78, 5) is 11.7. The van der Waals surface area contributed by atoms with Crippen molar-refractivity contribution < 1.29 is 4.57 Å². The number of hydrogen-bond donors (Lipinski definition) is 3. The first-order valence-electron chi connectivity index (χ1n) is 10.4. The molecule has 2 saturated heterocycles. The third-order valence-electron chi connectivity index (χ3n) is 5.93. The predicted molar refractivity (Wildman–Crippen MR) is 118 cm³/mol. The highest BCUT2D eigenvalue weighted by Crippen LogP contribution is 2.37. The van der Waals surface area contributed by atoms with Crippen LogP contribution in [0.4, 0.5) is 17.6 Å². The number of aromatic amines is 1. The van der Waals surface area contributed by atoms with Crippen molar-refractivity contribution in [3.8, 4) is 6.07 Å². The average Bonchev–Trinajstić information content (AvgIpc) is 3.18. The topological polar surface area (TPSA) is 123 Å². The summed E-state index contributed by atoms with van der Waals surface area (Å²) in [7, 11) is -2.56. The van der Waals surface area contributed by atoms with E-state index in [9.17, 15) is 4.57 Å². The Labute approximate surface area is 177 Å². The van der Waals surface area contributed by atoms with Crippen LogP contribution in [0.3, 0.4) is 0 Å². The lowest BCUT2D eigenvalue weighted by Crippen LogP contribution is -2.47. The Balaban J connectivity index is 1.52. The molecule has 2 aliphatic rings. The van der Waals surface area contributed by atoms with Gasteiger partial charge in [0.2, 0.25) is 5.95 Å². The van der Waals surface area contributed by atoms with Crippen LogP contribution in [0.2, 0.25) is 0 Å². The fourth-order valence-corrected chi connectivity index (χ4v) is 5.34. The molecule has 1 unspecified atom stereocenters. The summed E-state index contributed by atoms with van der Waals surface area (Å²) in [5, 5.41) is 22.7. The second-order valence-electron chi connectivity index (χ2n) is 8.69. The molecule has 30 heavy (non-hydrogen) atoms. The largest absolute Gasteiger partial charge is 0.351 e. The molecule has 0 amide bonds. The van der Waals surface area contributed by atoms with E-state index in [4.69, 9.17) is 5.26 Å². The molecule has 10 heteroatoms. The van der Waals surface area contributed by atoms with E-state index in [2.05, 4.69) is 41.8 Å². The van der Waals surface area contributed by atoms with E-state index >= 15 is 0 Å². The zero-order valence-electron chi connectivity index (χ0n) is 17.7. The number of H-pyrrole nitrogens is 1. The number of aromatic nitrogens is 4. The van der Waals surface area contributed by atoms with Gasteiger partial charge in [0.1, 0.15) is 18.4 Å². The van der Waals surface area contributed by atoms with E-state index < -0.39 is 7.14 Å². The predicted octanol–water partition coefficient (Wildman–Crippen LogP) is 2.82.